The molecule has 0 radical (unpaired) electrons. The Bertz CT molecular complexity index is 809. The smallest absolute Gasteiger partial charge is 0.390 e. The fourth-order valence-electron chi connectivity index (χ4n) is 3.58. The maximum Gasteiger partial charge on any atom is 0.390 e. The number of anilines is 1. The zero-order chi connectivity index (χ0) is 22.1. The fraction of sp³-hybridized carbons (Fsp3) is 0.667. The number of aromatic nitrogens is 3. The summed E-state index contributed by atoms with van der Waals surface area (Å²) in [5, 5.41) is 15.4. The number of aliphatic hydroxyl groups is 1. The van der Waals surface area contributed by atoms with Crippen LogP contribution < -0.4 is 15.4 Å². The minimum Gasteiger partial charge on any atom is -0.474 e. The van der Waals surface area contributed by atoms with Crippen LogP contribution in [0.1, 0.15) is 51.4 Å². The van der Waals surface area contributed by atoms with Crippen LogP contribution in [0.2, 0.25) is 0 Å². The molecule has 0 spiro atoms. The van der Waals surface area contributed by atoms with E-state index in [0.717, 1.165) is 38.8 Å². The molecule has 1 saturated carbocycles. The first kappa shape index (κ1) is 23.5. The summed E-state index contributed by atoms with van der Waals surface area (Å²) < 4.78 is 42.5. The van der Waals surface area contributed by atoms with E-state index in [1.54, 1.807) is 12.3 Å². The third-order valence-electron chi connectivity index (χ3n) is 5.30. The van der Waals surface area contributed by atoms with E-state index >= 15 is 0 Å². The number of piperidine rings is 1. The van der Waals surface area contributed by atoms with E-state index in [4.69, 9.17) is 9.84 Å². The molecule has 0 atom stereocenters. The van der Waals surface area contributed by atoms with Crippen molar-refractivity contribution in [2.75, 3.05) is 25.0 Å². The number of halogens is 3. The molecule has 0 amide bonds. The van der Waals surface area contributed by atoms with Crippen LogP contribution in [0.3, 0.4) is 0 Å². The molecule has 2 fully saturated rings. The first-order valence-electron chi connectivity index (χ1n) is 10.9. The molecular weight excluding hydrogens is 411 g/mol. The van der Waals surface area contributed by atoms with Crippen LogP contribution in [0.4, 0.5) is 19.1 Å². The van der Waals surface area contributed by atoms with Crippen LogP contribution in [0.25, 0.3) is 10.9 Å². The summed E-state index contributed by atoms with van der Waals surface area (Å²) in [6.07, 6.45) is 5.78. The van der Waals surface area contributed by atoms with E-state index in [-0.39, 0.29) is 24.7 Å². The fourth-order valence-corrected chi connectivity index (χ4v) is 3.58. The Hall–Kier alpha value is -2.20. The van der Waals surface area contributed by atoms with E-state index in [2.05, 4.69) is 25.6 Å². The first-order chi connectivity index (χ1) is 14.9. The summed E-state index contributed by atoms with van der Waals surface area (Å²) in [7, 11) is 0. The number of ether oxygens (including phenoxy) is 1. The minimum atomic E-state index is -4.20. The summed E-state index contributed by atoms with van der Waals surface area (Å²) in [4.78, 5) is 12.5. The van der Waals surface area contributed by atoms with Gasteiger partial charge in [0.25, 0.3) is 0 Å². The lowest BCUT2D eigenvalue weighted by molar-refractivity contribution is -0.131. The number of nitrogens with one attached hydrogen (secondary N) is 2. The molecule has 2 aliphatic rings. The van der Waals surface area contributed by atoms with Gasteiger partial charge in [0.2, 0.25) is 11.8 Å². The molecule has 10 heteroatoms. The van der Waals surface area contributed by atoms with Gasteiger partial charge in [-0.05, 0) is 44.8 Å². The van der Waals surface area contributed by atoms with Gasteiger partial charge in [0, 0.05) is 18.9 Å². The van der Waals surface area contributed by atoms with Crippen LogP contribution in [-0.2, 0) is 0 Å². The van der Waals surface area contributed by atoms with Gasteiger partial charge in [-0.15, -0.1) is 0 Å². The highest BCUT2D eigenvalue weighted by molar-refractivity contribution is 5.83. The lowest BCUT2D eigenvalue weighted by Crippen LogP contribution is -2.34. The molecule has 2 aromatic rings. The third-order valence-corrected chi connectivity index (χ3v) is 5.30. The molecule has 3 N–H and O–H groups in total. The summed E-state index contributed by atoms with van der Waals surface area (Å²) >= 11 is 0. The highest BCUT2D eigenvalue weighted by atomic mass is 19.4. The van der Waals surface area contributed by atoms with Crippen LogP contribution in [0.15, 0.2) is 18.5 Å². The zero-order valence-electron chi connectivity index (χ0n) is 17.5. The molecule has 2 aromatic heterocycles. The van der Waals surface area contributed by atoms with Gasteiger partial charge in [-0.1, -0.05) is 19.3 Å². The second-order valence-electron chi connectivity index (χ2n) is 7.89. The van der Waals surface area contributed by atoms with Crippen molar-refractivity contribution in [2.45, 2.75) is 69.8 Å². The number of nitrogens with zero attached hydrogens (tertiary/aromatic N) is 3. The monoisotopic (exact) mass is 441 g/mol. The number of hydrogen-bond donors (Lipinski definition) is 3. The summed E-state index contributed by atoms with van der Waals surface area (Å²) in [6.45, 7) is 1.54. The number of pyridine rings is 1. The highest BCUT2D eigenvalue weighted by Gasteiger charge is 2.26. The molecule has 7 nitrogen and oxygen atoms in total. The minimum absolute atomic E-state index is 0.0359. The van der Waals surface area contributed by atoms with Crippen molar-refractivity contribution in [2.24, 2.45) is 0 Å². The van der Waals surface area contributed by atoms with Gasteiger partial charge in [0.15, 0.2) is 0 Å². The summed E-state index contributed by atoms with van der Waals surface area (Å²) in [5.74, 6) is 0.618. The second-order valence-corrected chi connectivity index (χ2v) is 7.89. The van der Waals surface area contributed by atoms with Crippen LogP contribution >= 0.6 is 0 Å². The van der Waals surface area contributed by atoms with E-state index in [9.17, 15) is 13.2 Å². The average molecular weight is 441 g/mol. The Labute approximate surface area is 179 Å². The van der Waals surface area contributed by atoms with Crippen LogP contribution in [0, 0.1) is 0 Å². The van der Waals surface area contributed by atoms with Crippen molar-refractivity contribution in [1.82, 2.24) is 20.3 Å². The molecule has 172 valence electrons. The van der Waals surface area contributed by atoms with Crippen molar-refractivity contribution in [3.05, 3.63) is 18.5 Å². The van der Waals surface area contributed by atoms with Crippen molar-refractivity contribution in [1.29, 1.82) is 0 Å². The molecular formula is C21H30F3N5O2. The molecule has 0 aromatic carbocycles. The Balaban J connectivity index is 0.000000330. The van der Waals surface area contributed by atoms with Crippen molar-refractivity contribution in [3.63, 3.8) is 0 Å². The van der Waals surface area contributed by atoms with E-state index < -0.39 is 12.6 Å². The van der Waals surface area contributed by atoms with Gasteiger partial charge in [0.05, 0.1) is 23.4 Å². The Kier molecular flexibility index (Phi) is 8.65. The van der Waals surface area contributed by atoms with E-state index in [1.165, 1.54) is 25.5 Å². The third kappa shape index (κ3) is 8.10. The quantitative estimate of drug-likeness (QED) is 0.649. The topological polar surface area (TPSA) is 92.2 Å². The van der Waals surface area contributed by atoms with E-state index in [1.807, 2.05) is 0 Å². The van der Waals surface area contributed by atoms with Crippen LogP contribution in [-0.4, -0.2) is 58.1 Å². The van der Waals surface area contributed by atoms with Gasteiger partial charge in [0.1, 0.15) is 6.10 Å². The molecule has 4 rings (SSSR count). The summed E-state index contributed by atoms with van der Waals surface area (Å²) in [6, 6.07) is 1.68. The average Bonchev–Trinajstić information content (AvgIpc) is 2.75. The number of aliphatic hydroxyl groups excluding tert-OH is 1. The molecule has 0 unspecified atom stereocenters. The van der Waals surface area contributed by atoms with Gasteiger partial charge >= 0.3 is 6.18 Å². The van der Waals surface area contributed by atoms with Gasteiger partial charge in [-0.25, -0.2) is 15.0 Å². The number of rotatable bonds is 5. The molecule has 1 aliphatic carbocycles. The Morgan fingerprint density at radius 3 is 2.48 bits per heavy atom. The predicted octanol–water partition coefficient (Wildman–Crippen LogP) is 3.83. The first-order valence-corrected chi connectivity index (χ1v) is 10.9. The van der Waals surface area contributed by atoms with Gasteiger partial charge < -0.3 is 20.5 Å². The largest absolute Gasteiger partial charge is 0.474 e. The zero-order valence-corrected chi connectivity index (χ0v) is 17.5. The van der Waals surface area contributed by atoms with Gasteiger partial charge in [-0.3, -0.25) is 0 Å². The lowest BCUT2D eigenvalue weighted by atomic mass is 9.98. The number of fused-ring (bicyclic) bond motifs is 1. The van der Waals surface area contributed by atoms with E-state index in [0.29, 0.717) is 16.8 Å². The summed E-state index contributed by atoms with van der Waals surface area (Å²) in [5.41, 5.74) is 0.582. The molecule has 0 bridgehead atoms. The molecule has 1 aliphatic heterocycles. The normalized spacial score (nSPS) is 18.3. The van der Waals surface area contributed by atoms with Crippen LogP contribution in [0.5, 0.6) is 5.88 Å². The highest BCUT2D eigenvalue weighted by Crippen LogP contribution is 2.25. The Morgan fingerprint density at radius 2 is 1.84 bits per heavy atom. The van der Waals surface area contributed by atoms with Crippen molar-refractivity contribution < 1.29 is 23.0 Å². The van der Waals surface area contributed by atoms with Gasteiger partial charge in [-0.2, -0.15) is 13.2 Å². The standard InChI is InChI=1S/C15H18F3N5O.C6H12O/c16-15(17,18)4-8-21-14-22-9-11-12(23-14)3-7-20-13(11)24-10-1-5-19-6-2-10;7-6-4-2-1-3-5-6/h3,7,9-10,19H,1-2,4-6,8H2,(H,21,22,23);6-7H,1-5H2. The Morgan fingerprint density at radius 1 is 1.10 bits per heavy atom. The maximum absolute atomic E-state index is 12.2. The van der Waals surface area contributed by atoms with Crippen molar-refractivity contribution >= 4 is 16.9 Å². The molecule has 31 heavy (non-hydrogen) atoms. The SMILES string of the molecule is FC(F)(F)CCNc1ncc2c(OC3CCNCC3)nccc2n1.OC1CCCCC1. The lowest BCUT2D eigenvalue weighted by Gasteiger charge is -2.23. The predicted molar refractivity (Wildman–Crippen MR) is 112 cm³/mol. The number of alkyl halides is 3. The maximum atomic E-state index is 12.2. The molecule has 1 saturated heterocycles. The number of hydrogen-bond acceptors (Lipinski definition) is 7. The molecule has 3 heterocycles. The van der Waals surface area contributed by atoms with Crippen molar-refractivity contribution in [3.8, 4) is 5.88 Å². The second kappa shape index (κ2) is 11.4.